The summed E-state index contributed by atoms with van der Waals surface area (Å²) in [5.74, 6) is 0.267. The van der Waals surface area contributed by atoms with Gasteiger partial charge in [0.1, 0.15) is 11.6 Å². The lowest BCUT2D eigenvalue weighted by Crippen LogP contribution is -2.38. The topological polar surface area (TPSA) is 29.5 Å². The van der Waals surface area contributed by atoms with Crippen molar-refractivity contribution >= 4 is 50.1 Å². The van der Waals surface area contributed by atoms with Crippen LogP contribution in [0.25, 0.3) is 0 Å². The van der Waals surface area contributed by atoms with Gasteiger partial charge in [-0.25, -0.2) is 4.39 Å². The third-order valence-electron chi connectivity index (χ3n) is 3.21. The lowest BCUT2D eigenvalue weighted by atomic mass is 10.1. The first-order valence-electron chi connectivity index (χ1n) is 6.21. The standard InChI is InChI=1S/C15H10BrFINO2/c16-12-5-10(17)2-1-9(12)7-19-13-6-11(18)3-4-14(13)21-8-15(19)20/h1-6H,7-8H2. The zero-order chi connectivity index (χ0) is 15.0. The average Bonchev–Trinajstić information content (AvgIpc) is 2.44. The number of hydrogen-bond donors (Lipinski definition) is 0. The lowest BCUT2D eigenvalue weighted by Gasteiger charge is -2.30. The van der Waals surface area contributed by atoms with Crippen LogP contribution in [0.4, 0.5) is 10.1 Å². The normalized spacial score (nSPS) is 13.9. The highest BCUT2D eigenvalue weighted by Gasteiger charge is 2.26. The number of benzene rings is 2. The Morgan fingerprint density at radius 3 is 2.86 bits per heavy atom. The molecular formula is C15H10BrFINO2. The maximum absolute atomic E-state index is 13.2. The number of carbonyl (C=O) groups excluding carboxylic acids is 1. The predicted octanol–water partition coefficient (Wildman–Crippen LogP) is 4.12. The first-order valence-corrected chi connectivity index (χ1v) is 8.08. The molecule has 0 aliphatic carbocycles. The summed E-state index contributed by atoms with van der Waals surface area (Å²) < 4.78 is 20.3. The van der Waals surface area contributed by atoms with E-state index in [0.717, 1.165) is 14.8 Å². The van der Waals surface area contributed by atoms with Crippen molar-refractivity contribution in [3.63, 3.8) is 0 Å². The first-order chi connectivity index (χ1) is 10.0. The Kier molecular flexibility index (Phi) is 4.17. The fourth-order valence-corrected chi connectivity index (χ4v) is 3.12. The van der Waals surface area contributed by atoms with Gasteiger partial charge >= 0.3 is 0 Å². The molecule has 2 aromatic carbocycles. The number of anilines is 1. The van der Waals surface area contributed by atoms with Gasteiger partial charge in [-0.3, -0.25) is 4.79 Å². The smallest absolute Gasteiger partial charge is 0.265 e. The third kappa shape index (κ3) is 3.06. The fourth-order valence-electron chi connectivity index (χ4n) is 2.17. The third-order valence-corrected chi connectivity index (χ3v) is 4.62. The molecule has 3 nitrogen and oxygen atoms in total. The van der Waals surface area contributed by atoms with E-state index in [9.17, 15) is 9.18 Å². The SMILES string of the molecule is O=C1COc2ccc(I)cc2N1Cc1ccc(F)cc1Br. The zero-order valence-electron chi connectivity index (χ0n) is 10.8. The Labute approximate surface area is 143 Å². The first kappa shape index (κ1) is 14.8. The Balaban J connectivity index is 1.98. The number of ether oxygens (including phenoxy) is 1. The number of nitrogens with zero attached hydrogens (tertiary/aromatic N) is 1. The van der Waals surface area contributed by atoms with Crippen molar-refractivity contribution in [2.75, 3.05) is 11.5 Å². The van der Waals surface area contributed by atoms with Crippen molar-refractivity contribution in [1.82, 2.24) is 0 Å². The summed E-state index contributed by atoms with van der Waals surface area (Å²) in [7, 11) is 0. The Bertz CT molecular complexity index is 723. The fraction of sp³-hybridized carbons (Fsp3) is 0.133. The van der Waals surface area contributed by atoms with Crippen LogP contribution in [0.3, 0.4) is 0 Å². The van der Waals surface area contributed by atoms with Gasteiger partial charge < -0.3 is 9.64 Å². The molecule has 3 rings (SSSR count). The van der Waals surface area contributed by atoms with Crippen LogP contribution in [-0.2, 0) is 11.3 Å². The molecule has 21 heavy (non-hydrogen) atoms. The molecule has 0 saturated carbocycles. The molecule has 0 aromatic heterocycles. The van der Waals surface area contributed by atoms with E-state index in [1.165, 1.54) is 12.1 Å². The maximum Gasteiger partial charge on any atom is 0.265 e. The van der Waals surface area contributed by atoms with Crippen LogP contribution in [0.5, 0.6) is 5.75 Å². The van der Waals surface area contributed by atoms with E-state index in [2.05, 4.69) is 38.5 Å². The average molecular weight is 462 g/mol. The highest BCUT2D eigenvalue weighted by Crippen LogP contribution is 2.35. The highest BCUT2D eigenvalue weighted by molar-refractivity contribution is 14.1. The number of carbonyl (C=O) groups is 1. The van der Waals surface area contributed by atoms with Crippen LogP contribution in [-0.4, -0.2) is 12.5 Å². The van der Waals surface area contributed by atoms with Crippen molar-refractivity contribution in [2.24, 2.45) is 0 Å². The molecule has 0 N–H and O–H groups in total. The Morgan fingerprint density at radius 2 is 2.10 bits per heavy atom. The molecular weight excluding hydrogens is 452 g/mol. The van der Waals surface area contributed by atoms with Crippen LogP contribution in [0.15, 0.2) is 40.9 Å². The van der Waals surface area contributed by atoms with Crippen molar-refractivity contribution in [3.8, 4) is 5.75 Å². The second-order valence-corrected chi connectivity index (χ2v) is 6.72. The van der Waals surface area contributed by atoms with E-state index in [4.69, 9.17) is 4.74 Å². The Hall–Kier alpha value is -1.15. The quantitative estimate of drug-likeness (QED) is 0.629. The van der Waals surface area contributed by atoms with E-state index >= 15 is 0 Å². The molecule has 108 valence electrons. The molecule has 0 bridgehead atoms. The summed E-state index contributed by atoms with van der Waals surface area (Å²) in [6, 6.07) is 10.2. The van der Waals surface area contributed by atoms with Gasteiger partial charge in [0.2, 0.25) is 0 Å². The molecule has 1 amide bonds. The number of fused-ring (bicyclic) bond motifs is 1. The van der Waals surface area contributed by atoms with Crippen molar-refractivity contribution < 1.29 is 13.9 Å². The van der Waals surface area contributed by atoms with E-state index in [0.29, 0.717) is 16.8 Å². The van der Waals surface area contributed by atoms with Gasteiger partial charge in [-0.05, 0) is 58.5 Å². The molecule has 6 heteroatoms. The zero-order valence-corrected chi connectivity index (χ0v) is 14.5. The van der Waals surface area contributed by atoms with E-state index in [1.54, 1.807) is 11.0 Å². The summed E-state index contributed by atoms with van der Waals surface area (Å²) >= 11 is 5.53. The second-order valence-electron chi connectivity index (χ2n) is 4.62. The van der Waals surface area contributed by atoms with Gasteiger partial charge in [0.15, 0.2) is 6.61 Å². The highest BCUT2D eigenvalue weighted by atomic mass is 127. The van der Waals surface area contributed by atoms with Gasteiger partial charge in [-0.1, -0.05) is 22.0 Å². The van der Waals surface area contributed by atoms with Crippen molar-refractivity contribution in [3.05, 3.63) is 55.8 Å². The van der Waals surface area contributed by atoms with E-state index in [1.807, 2.05) is 18.2 Å². The molecule has 2 aromatic rings. The van der Waals surface area contributed by atoms with Gasteiger partial charge in [0.25, 0.3) is 5.91 Å². The molecule has 0 saturated heterocycles. The van der Waals surface area contributed by atoms with Gasteiger partial charge in [-0.15, -0.1) is 0 Å². The monoisotopic (exact) mass is 461 g/mol. The molecule has 1 aliphatic rings. The minimum Gasteiger partial charge on any atom is -0.482 e. The number of halogens is 3. The van der Waals surface area contributed by atoms with E-state index < -0.39 is 0 Å². The molecule has 0 radical (unpaired) electrons. The molecule has 0 atom stereocenters. The van der Waals surface area contributed by atoms with Crippen molar-refractivity contribution in [2.45, 2.75) is 6.54 Å². The molecule has 0 fully saturated rings. The molecule has 0 spiro atoms. The summed E-state index contributed by atoms with van der Waals surface area (Å²) in [5.41, 5.74) is 1.59. The van der Waals surface area contributed by atoms with Crippen LogP contribution >= 0.6 is 38.5 Å². The maximum atomic E-state index is 13.2. The molecule has 1 aliphatic heterocycles. The minimum atomic E-state index is -0.311. The van der Waals surface area contributed by atoms with Gasteiger partial charge in [0, 0.05) is 8.04 Å². The summed E-state index contributed by atoms with van der Waals surface area (Å²) in [4.78, 5) is 13.8. The lowest BCUT2D eigenvalue weighted by molar-refractivity contribution is -0.121. The van der Waals surface area contributed by atoms with E-state index in [-0.39, 0.29) is 18.3 Å². The minimum absolute atomic E-state index is 0.0202. The van der Waals surface area contributed by atoms with Crippen LogP contribution < -0.4 is 9.64 Å². The van der Waals surface area contributed by atoms with Gasteiger partial charge in [0.05, 0.1) is 12.2 Å². The summed E-state index contributed by atoms with van der Waals surface area (Å²) in [6.07, 6.45) is 0. The molecule has 0 unspecified atom stereocenters. The van der Waals surface area contributed by atoms with Crippen molar-refractivity contribution in [1.29, 1.82) is 0 Å². The summed E-state index contributed by atoms with van der Waals surface area (Å²) in [5, 5.41) is 0. The number of hydrogen-bond acceptors (Lipinski definition) is 2. The summed E-state index contributed by atoms with van der Waals surface area (Å²) in [6.45, 7) is 0.391. The second kappa shape index (κ2) is 5.92. The van der Waals surface area contributed by atoms with Gasteiger partial charge in [-0.2, -0.15) is 0 Å². The van der Waals surface area contributed by atoms with Crippen LogP contribution in [0.1, 0.15) is 5.56 Å². The number of amides is 1. The molecule has 1 heterocycles. The van der Waals surface area contributed by atoms with Crippen LogP contribution in [0, 0.1) is 9.39 Å². The largest absolute Gasteiger partial charge is 0.482 e. The Morgan fingerprint density at radius 1 is 1.29 bits per heavy atom. The predicted molar refractivity (Wildman–Crippen MR) is 89.9 cm³/mol. The van der Waals surface area contributed by atoms with Crippen LogP contribution in [0.2, 0.25) is 0 Å². The number of rotatable bonds is 2.